The van der Waals surface area contributed by atoms with Crippen molar-refractivity contribution in [3.05, 3.63) is 53.6 Å². The van der Waals surface area contributed by atoms with E-state index in [0.717, 1.165) is 10.9 Å². The lowest BCUT2D eigenvalue weighted by Gasteiger charge is -2.36. The van der Waals surface area contributed by atoms with Crippen LogP contribution in [0.2, 0.25) is 0 Å². The minimum atomic E-state index is -0.777. The molecule has 0 amide bonds. The molecule has 0 heterocycles. The van der Waals surface area contributed by atoms with Gasteiger partial charge < -0.3 is 18.9 Å². The van der Waals surface area contributed by atoms with E-state index in [1.54, 1.807) is 19.1 Å². The number of carbonyl (C=O) groups excluding carboxylic acids is 2. The van der Waals surface area contributed by atoms with E-state index in [-0.39, 0.29) is 37.3 Å². The molecule has 8 heteroatoms. The van der Waals surface area contributed by atoms with Crippen molar-refractivity contribution in [3.63, 3.8) is 0 Å². The van der Waals surface area contributed by atoms with Gasteiger partial charge in [0, 0.05) is 5.30 Å². The maximum atomic E-state index is 12.8. The summed E-state index contributed by atoms with van der Waals surface area (Å²) in [5.74, 6) is 0.116. The highest BCUT2D eigenvalue weighted by Crippen LogP contribution is 2.41. The van der Waals surface area contributed by atoms with E-state index < -0.39 is 11.4 Å². The second-order valence-corrected chi connectivity index (χ2v) is 8.93. The van der Waals surface area contributed by atoms with Gasteiger partial charge in [0.2, 0.25) is 0 Å². The molecule has 2 aromatic rings. The fourth-order valence-corrected chi connectivity index (χ4v) is 4.44. The van der Waals surface area contributed by atoms with Crippen molar-refractivity contribution < 1.29 is 28.5 Å². The van der Waals surface area contributed by atoms with Gasteiger partial charge >= 0.3 is 11.9 Å². The van der Waals surface area contributed by atoms with Gasteiger partial charge in [-0.15, -0.1) is 9.24 Å². The number of benzene rings is 2. The Morgan fingerprint density at radius 2 is 1.82 bits per heavy atom. The highest BCUT2D eigenvalue weighted by atomic mass is 31.0. The van der Waals surface area contributed by atoms with Crippen LogP contribution in [0.5, 0.6) is 11.5 Å². The van der Waals surface area contributed by atoms with E-state index in [9.17, 15) is 14.9 Å². The number of rotatable bonds is 9. The summed E-state index contributed by atoms with van der Waals surface area (Å²) in [6.45, 7) is 2.20. The molecule has 34 heavy (non-hydrogen) atoms. The largest absolute Gasteiger partial charge is 0.496 e. The van der Waals surface area contributed by atoms with Crippen LogP contribution in [0.4, 0.5) is 0 Å². The zero-order valence-corrected chi connectivity index (χ0v) is 20.7. The molecule has 7 nitrogen and oxygen atoms in total. The van der Waals surface area contributed by atoms with Crippen LogP contribution in [0, 0.1) is 16.7 Å². The van der Waals surface area contributed by atoms with Crippen LogP contribution in [0.25, 0.3) is 0 Å². The second-order valence-electron chi connectivity index (χ2n) is 8.30. The third-order valence-electron chi connectivity index (χ3n) is 6.07. The Labute approximate surface area is 202 Å². The molecule has 1 saturated carbocycles. The van der Waals surface area contributed by atoms with Gasteiger partial charge in [-0.1, -0.05) is 30.3 Å². The summed E-state index contributed by atoms with van der Waals surface area (Å²) in [5, 5.41) is 9.99. The lowest BCUT2D eigenvalue weighted by molar-refractivity contribution is -0.158. The van der Waals surface area contributed by atoms with Crippen LogP contribution >= 0.6 is 9.24 Å². The molecule has 0 N–H and O–H groups in total. The van der Waals surface area contributed by atoms with E-state index in [0.29, 0.717) is 37.2 Å². The third-order valence-corrected chi connectivity index (χ3v) is 6.53. The number of carbonyl (C=O) groups is 2. The monoisotopic (exact) mass is 483 g/mol. The minimum absolute atomic E-state index is 0.132. The highest BCUT2D eigenvalue weighted by molar-refractivity contribution is 7.27. The molecular formula is C26H30NO6P. The van der Waals surface area contributed by atoms with E-state index in [4.69, 9.17) is 18.9 Å². The van der Waals surface area contributed by atoms with Crippen LogP contribution in [-0.2, 0) is 20.9 Å². The summed E-state index contributed by atoms with van der Waals surface area (Å²) in [4.78, 5) is 25.3. The number of hydrogen-bond acceptors (Lipinski definition) is 7. The van der Waals surface area contributed by atoms with Gasteiger partial charge in [0.05, 0.1) is 37.7 Å². The van der Waals surface area contributed by atoms with Gasteiger partial charge in [0.1, 0.15) is 23.7 Å². The maximum Gasteiger partial charge on any atom is 0.342 e. The Bertz CT molecular complexity index is 1040. The fourth-order valence-electron chi connectivity index (χ4n) is 4.14. The summed E-state index contributed by atoms with van der Waals surface area (Å²) in [5.41, 5.74) is 0.389. The first-order valence-electron chi connectivity index (χ1n) is 11.3. The van der Waals surface area contributed by atoms with E-state index in [1.807, 2.05) is 30.3 Å². The van der Waals surface area contributed by atoms with Crippen LogP contribution < -0.4 is 14.8 Å². The standard InChI is InChI=1S/C26H30NO6P/c1-3-31-25(29)26(13-14-27)11-9-19(10-12-26)33-22-15-20(21(30-2)16-23(22)34)24(28)32-17-18-7-5-4-6-8-18/h4-8,15-16,19H,3,9-13,17,34H2,1-2H3. The molecule has 180 valence electrons. The van der Waals surface area contributed by atoms with Crippen LogP contribution in [0.3, 0.4) is 0 Å². The van der Waals surface area contributed by atoms with Crippen molar-refractivity contribution in [2.45, 2.75) is 51.7 Å². The van der Waals surface area contributed by atoms with Crippen molar-refractivity contribution in [1.29, 1.82) is 5.26 Å². The van der Waals surface area contributed by atoms with E-state index in [2.05, 4.69) is 15.3 Å². The third kappa shape index (κ3) is 6.07. The molecule has 1 atom stereocenters. The summed E-state index contributed by atoms with van der Waals surface area (Å²) in [6.07, 6.45) is 2.21. The summed E-state index contributed by atoms with van der Waals surface area (Å²) >= 11 is 0. The Hall–Kier alpha value is -3.10. The predicted octanol–water partition coefficient (Wildman–Crippen LogP) is 4.34. The molecule has 1 aliphatic carbocycles. The number of ether oxygens (including phenoxy) is 4. The molecule has 0 saturated heterocycles. The smallest absolute Gasteiger partial charge is 0.342 e. The van der Waals surface area contributed by atoms with Crippen molar-refractivity contribution in [3.8, 4) is 17.6 Å². The predicted molar refractivity (Wildman–Crippen MR) is 130 cm³/mol. The molecule has 1 fully saturated rings. The Kier molecular flexibility index (Phi) is 8.90. The van der Waals surface area contributed by atoms with Gasteiger partial charge in [0.15, 0.2) is 0 Å². The Morgan fingerprint density at radius 1 is 1.12 bits per heavy atom. The maximum absolute atomic E-state index is 12.8. The summed E-state index contributed by atoms with van der Waals surface area (Å²) < 4.78 is 22.3. The van der Waals surface area contributed by atoms with Crippen molar-refractivity contribution in [2.24, 2.45) is 5.41 Å². The van der Waals surface area contributed by atoms with E-state index in [1.165, 1.54) is 7.11 Å². The van der Waals surface area contributed by atoms with Crippen LogP contribution in [0.1, 0.15) is 54.9 Å². The average molecular weight is 484 g/mol. The Balaban J connectivity index is 1.71. The normalized spacial score (nSPS) is 19.5. The van der Waals surface area contributed by atoms with Gasteiger partial charge in [-0.2, -0.15) is 5.26 Å². The number of nitriles is 1. The van der Waals surface area contributed by atoms with Gasteiger partial charge in [0.25, 0.3) is 0 Å². The SMILES string of the molecule is CCOC(=O)C1(CC#N)CCC(Oc2cc(C(=O)OCc3ccccc3)c(OC)cc2P)CC1. The quantitative estimate of drug-likeness (QED) is 0.387. The number of esters is 2. The highest BCUT2D eigenvalue weighted by Gasteiger charge is 2.43. The first-order chi connectivity index (χ1) is 16.4. The van der Waals surface area contributed by atoms with Crippen molar-refractivity contribution >= 4 is 26.5 Å². The first-order valence-corrected chi connectivity index (χ1v) is 11.9. The zero-order chi connectivity index (χ0) is 24.6. The molecular weight excluding hydrogens is 453 g/mol. The minimum Gasteiger partial charge on any atom is -0.496 e. The van der Waals surface area contributed by atoms with Crippen LogP contribution in [-0.4, -0.2) is 31.8 Å². The molecule has 1 aliphatic rings. The molecule has 0 bridgehead atoms. The topological polar surface area (TPSA) is 94.9 Å². The molecule has 0 aromatic heterocycles. The van der Waals surface area contributed by atoms with Gasteiger partial charge in [-0.25, -0.2) is 4.79 Å². The molecule has 0 radical (unpaired) electrons. The lowest BCUT2D eigenvalue weighted by atomic mass is 9.71. The molecule has 0 aliphatic heterocycles. The first kappa shape index (κ1) is 25.5. The average Bonchev–Trinajstić information content (AvgIpc) is 2.85. The van der Waals surface area contributed by atoms with Gasteiger partial charge in [-0.3, -0.25) is 4.79 Å². The van der Waals surface area contributed by atoms with Crippen molar-refractivity contribution in [2.75, 3.05) is 13.7 Å². The Morgan fingerprint density at radius 3 is 2.44 bits per heavy atom. The summed E-state index contributed by atoms with van der Waals surface area (Å²) in [7, 11) is 4.10. The molecule has 0 spiro atoms. The van der Waals surface area contributed by atoms with E-state index >= 15 is 0 Å². The molecule has 2 aromatic carbocycles. The number of nitrogens with zero attached hydrogens (tertiary/aromatic N) is 1. The van der Waals surface area contributed by atoms with Gasteiger partial charge in [-0.05, 0) is 50.3 Å². The molecule has 3 rings (SSSR count). The second kappa shape index (κ2) is 11.9. The zero-order valence-electron chi connectivity index (χ0n) is 19.5. The number of methoxy groups -OCH3 is 1. The fraction of sp³-hybridized carbons (Fsp3) is 0.423. The lowest BCUT2D eigenvalue weighted by Crippen LogP contribution is -2.39. The molecule has 1 unspecified atom stereocenters. The summed E-state index contributed by atoms with van der Waals surface area (Å²) in [6, 6.07) is 14.9. The number of hydrogen-bond donors (Lipinski definition) is 0. The van der Waals surface area contributed by atoms with Crippen molar-refractivity contribution in [1.82, 2.24) is 0 Å². The van der Waals surface area contributed by atoms with Crippen LogP contribution in [0.15, 0.2) is 42.5 Å².